The van der Waals surface area contributed by atoms with Crippen LogP contribution >= 0.6 is 0 Å². The quantitative estimate of drug-likeness (QED) is 0.794. The number of nitrogens with one attached hydrogen (secondary N) is 1. The van der Waals surface area contributed by atoms with Crippen molar-refractivity contribution < 1.29 is 9.53 Å². The van der Waals surface area contributed by atoms with Crippen molar-refractivity contribution in [2.45, 2.75) is 58.3 Å². The number of carbonyl (C=O) groups is 1. The Labute approximate surface area is 161 Å². The van der Waals surface area contributed by atoms with Gasteiger partial charge < -0.3 is 15.0 Å². The van der Waals surface area contributed by atoms with Crippen LogP contribution in [-0.4, -0.2) is 28.6 Å². The maximum atomic E-state index is 13.0. The van der Waals surface area contributed by atoms with Crippen molar-refractivity contribution in [3.63, 3.8) is 0 Å². The van der Waals surface area contributed by atoms with Gasteiger partial charge in [-0.05, 0) is 62.1 Å². The van der Waals surface area contributed by atoms with E-state index in [1.165, 1.54) is 0 Å². The Hall–Kier alpha value is -2.40. The molecule has 1 aliphatic rings. The average Bonchev–Trinajstić information content (AvgIpc) is 2.93. The molecule has 1 aromatic carbocycles. The smallest absolute Gasteiger partial charge is 0.322 e. The second kappa shape index (κ2) is 9.51. The summed E-state index contributed by atoms with van der Waals surface area (Å²) < 4.78 is 5.67. The van der Waals surface area contributed by atoms with Gasteiger partial charge in [0.1, 0.15) is 0 Å². The zero-order valence-corrected chi connectivity index (χ0v) is 16.2. The van der Waals surface area contributed by atoms with Gasteiger partial charge in [-0.1, -0.05) is 25.0 Å². The minimum absolute atomic E-state index is 0.0411. The minimum Gasteiger partial charge on any atom is -0.374 e. The maximum absolute atomic E-state index is 13.0. The highest BCUT2D eigenvalue weighted by molar-refractivity contribution is 5.89. The maximum Gasteiger partial charge on any atom is 0.322 e. The summed E-state index contributed by atoms with van der Waals surface area (Å²) in [6.07, 6.45) is 8.10. The van der Waals surface area contributed by atoms with Crippen molar-refractivity contribution >= 4 is 11.7 Å². The van der Waals surface area contributed by atoms with Crippen molar-refractivity contribution in [1.82, 2.24) is 9.88 Å². The summed E-state index contributed by atoms with van der Waals surface area (Å²) in [6.45, 7) is 5.36. The number of aromatic nitrogens is 1. The SMILES string of the molecule is CC(C)OCc1cccc(NC(=O)N2CCCCC[C@H]2c2ccncc2)c1. The van der Waals surface area contributed by atoms with E-state index < -0.39 is 0 Å². The molecule has 3 rings (SSSR count). The predicted molar refractivity (Wildman–Crippen MR) is 108 cm³/mol. The van der Waals surface area contributed by atoms with Gasteiger partial charge in [0, 0.05) is 24.6 Å². The lowest BCUT2D eigenvalue weighted by molar-refractivity contribution is 0.0657. The molecule has 2 heterocycles. The molecule has 144 valence electrons. The Morgan fingerprint density at radius 2 is 2.04 bits per heavy atom. The van der Waals surface area contributed by atoms with Crippen LogP contribution in [0.1, 0.15) is 56.7 Å². The third-order valence-electron chi connectivity index (χ3n) is 4.87. The van der Waals surface area contributed by atoms with Crippen LogP contribution in [0.2, 0.25) is 0 Å². The summed E-state index contributed by atoms with van der Waals surface area (Å²) in [6, 6.07) is 12.0. The highest BCUT2D eigenvalue weighted by Crippen LogP contribution is 2.30. The fourth-order valence-electron chi connectivity index (χ4n) is 3.48. The van der Waals surface area contributed by atoms with Gasteiger partial charge in [0.25, 0.3) is 0 Å². The molecule has 2 aromatic rings. The van der Waals surface area contributed by atoms with Gasteiger partial charge in [-0.25, -0.2) is 4.79 Å². The topological polar surface area (TPSA) is 54.5 Å². The molecule has 0 radical (unpaired) electrons. The standard InChI is InChI=1S/C22H29N3O2/c1-17(2)27-16-18-7-6-8-20(15-18)24-22(26)25-14-5-3-4-9-21(25)19-10-12-23-13-11-19/h6-8,10-13,15,17,21H,3-5,9,14,16H2,1-2H3,(H,24,26)/t21-/m0/s1. The van der Waals surface area contributed by atoms with Crippen molar-refractivity contribution in [3.8, 4) is 0 Å². The van der Waals surface area contributed by atoms with Crippen LogP contribution in [0, 0.1) is 0 Å². The van der Waals surface area contributed by atoms with Gasteiger partial charge in [0.2, 0.25) is 0 Å². The molecule has 0 unspecified atom stereocenters. The first-order valence-electron chi connectivity index (χ1n) is 9.81. The summed E-state index contributed by atoms with van der Waals surface area (Å²) in [7, 11) is 0. The number of urea groups is 1. The van der Waals surface area contributed by atoms with Crippen LogP contribution in [-0.2, 0) is 11.3 Å². The van der Waals surface area contributed by atoms with E-state index in [0.717, 1.165) is 49.0 Å². The molecular formula is C22H29N3O2. The predicted octanol–water partition coefficient (Wildman–Crippen LogP) is 5.16. The normalized spacial score (nSPS) is 17.6. The van der Waals surface area contributed by atoms with E-state index in [2.05, 4.69) is 10.3 Å². The average molecular weight is 367 g/mol. The molecule has 0 spiro atoms. The van der Waals surface area contributed by atoms with Crippen LogP contribution in [0.5, 0.6) is 0 Å². The van der Waals surface area contributed by atoms with Crippen LogP contribution in [0.15, 0.2) is 48.8 Å². The summed E-state index contributed by atoms with van der Waals surface area (Å²) in [5.74, 6) is 0. The second-order valence-electron chi connectivity index (χ2n) is 7.33. The van der Waals surface area contributed by atoms with Gasteiger partial charge in [-0.2, -0.15) is 0 Å². The first-order chi connectivity index (χ1) is 13.1. The number of benzene rings is 1. The fourth-order valence-corrected chi connectivity index (χ4v) is 3.48. The number of anilines is 1. The van der Waals surface area contributed by atoms with Crippen LogP contribution in [0.4, 0.5) is 10.5 Å². The van der Waals surface area contributed by atoms with Gasteiger partial charge in [-0.15, -0.1) is 0 Å². The zero-order valence-electron chi connectivity index (χ0n) is 16.2. The van der Waals surface area contributed by atoms with Crippen molar-refractivity contribution in [1.29, 1.82) is 0 Å². The summed E-state index contributed by atoms with van der Waals surface area (Å²) in [5.41, 5.74) is 3.02. The van der Waals surface area contributed by atoms with Gasteiger partial charge >= 0.3 is 6.03 Å². The van der Waals surface area contributed by atoms with E-state index in [0.29, 0.717) is 6.61 Å². The highest BCUT2D eigenvalue weighted by atomic mass is 16.5. The van der Waals surface area contributed by atoms with Crippen LogP contribution in [0.25, 0.3) is 0 Å². The monoisotopic (exact) mass is 367 g/mol. The molecule has 1 saturated heterocycles. The number of pyridine rings is 1. The molecule has 1 N–H and O–H groups in total. The molecule has 5 heteroatoms. The largest absolute Gasteiger partial charge is 0.374 e. The Morgan fingerprint density at radius 3 is 2.81 bits per heavy atom. The Balaban J connectivity index is 1.72. The molecule has 2 amide bonds. The van der Waals surface area contributed by atoms with Crippen molar-refractivity contribution in [2.75, 3.05) is 11.9 Å². The lowest BCUT2D eigenvalue weighted by Crippen LogP contribution is -2.38. The highest BCUT2D eigenvalue weighted by Gasteiger charge is 2.26. The number of hydrogen-bond donors (Lipinski definition) is 1. The first kappa shape index (κ1) is 19.4. The fraction of sp³-hybridized carbons (Fsp3) is 0.455. The van der Waals surface area contributed by atoms with E-state index >= 15 is 0 Å². The van der Waals surface area contributed by atoms with Crippen molar-refractivity contribution in [3.05, 3.63) is 59.9 Å². The summed E-state index contributed by atoms with van der Waals surface area (Å²) in [4.78, 5) is 19.1. The first-order valence-corrected chi connectivity index (χ1v) is 9.81. The third-order valence-corrected chi connectivity index (χ3v) is 4.87. The number of carbonyl (C=O) groups excluding carboxylic acids is 1. The van der Waals surface area contributed by atoms with Crippen LogP contribution < -0.4 is 5.32 Å². The Bertz CT molecular complexity index is 733. The van der Waals surface area contributed by atoms with Gasteiger partial charge in [-0.3, -0.25) is 4.98 Å². The molecule has 0 aliphatic carbocycles. The number of rotatable bonds is 5. The van der Waals surface area contributed by atoms with E-state index in [9.17, 15) is 4.79 Å². The van der Waals surface area contributed by atoms with E-state index in [1.807, 2.05) is 55.1 Å². The number of nitrogens with zero attached hydrogens (tertiary/aromatic N) is 2. The lowest BCUT2D eigenvalue weighted by Gasteiger charge is -2.30. The van der Waals surface area contributed by atoms with Crippen LogP contribution in [0.3, 0.4) is 0 Å². The third kappa shape index (κ3) is 5.54. The minimum atomic E-state index is -0.0411. The molecule has 27 heavy (non-hydrogen) atoms. The van der Waals surface area contributed by atoms with E-state index in [4.69, 9.17) is 4.74 Å². The number of amides is 2. The molecule has 1 aliphatic heterocycles. The second-order valence-corrected chi connectivity index (χ2v) is 7.33. The van der Waals surface area contributed by atoms with E-state index in [-0.39, 0.29) is 18.2 Å². The Morgan fingerprint density at radius 1 is 1.22 bits per heavy atom. The molecule has 1 fully saturated rings. The molecule has 0 saturated carbocycles. The zero-order chi connectivity index (χ0) is 19.1. The Kier molecular flexibility index (Phi) is 6.82. The molecule has 1 atom stereocenters. The summed E-state index contributed by atoms with van der Waals surface area (Å²) >= 11 is 0. The summed E-state index contributed by atoms with van der Waals surface area (Å²) in [5, 5.41) is 3.08. The molecule has 0 bridgehead atoms. The molecule has 1 aromatic heterocycles. The number of hydrogen-bond acceptors (Lipinski definition) is 3. The van der Waals surface area contributed by atoms with Crippen molar-refractivity contribution in [2.24, 2.45) is 0 Å². The molecule has 5 nitrogen and oxygen atoms in total. The van der Waals surface area contributed by atoms with Gasteiger partial charge in [0.05, 0.1) is 18.8 Å². The number of likely N-dealkylation sites (tertiary alicyclic amines) is 1. The lowest BCUT2D eigenvalue weighted by atomic mass is 10.0. The van der Waals surface area contributed by atoms with E-state index in [1.54, 1.807) is 12.4 Å². The number of ether oxygens (including phenoxy) is 1. The van der Waals surface area contributed by atoms with Gasteiger partial charge in [0.15, 0.2) is 0 Å². The molecular weight excluding hydrogens is 338 g/mol.